The van der Waals surface area contributed by atoms with E-state index in [9.17, 15) is 4.79 Å². The molecule has 1 amide bonds. The zero-order chi connectivity index (χ0) is 24.0. The van der Waals surface area contributed by atoms with E-state index in [1.54, 1.807) is 12.1 Å². The molecule has 1 aliphatic carbocycles. The second-order valence-electron chi connectivity index (χ2n) is 9.82. The SMILES string of the molecule is Nc1ccccc1NC(=O)c1coc(CCCN2CCC(CNC3CC3c3ccccc3)CC2)n1. The van der Waals surface area contributed by atoms with Crippen molar-refractivity contribution in [3.05, 3.63) is 78.0 Å². The van der Waals surface area contributed by atoms with Crippen molar-refractivity contribution >= 4 is 17.3 Å². The molecule has 2 heterocycles. The number of carbonyl (C=O) groups is 1. The third-order valence-corrected chi connectivity index (χ3v) is 7.25. The molecule has 7 heteroatoms. The van der Waals surface area contributed by atoms with Gasteiger partial charge in [-0.1, -0.05) is 42.5 Å². The normalized spacial score (nSPS) is 20.6. The maximum absolute atomic E-state index is 12.4. The molecule has 1 aliphatic heterocycles. The molecular formula is C28H35N5O2. The minimum absolute atomic E-state index is 0.279. The van der Waals surface area contributed by atoms with Crippen LogP contribution in [0.25, 0.3) is 0 Å². The standard InChI is InChI=1S/C28H35N5O2/c29-23-9-4-5-10-24(23)32-28(34)26-19-35-27(31-26)11-6-14-33-15-12-20(13-16-33)18-30-25-17-22(25)21-7-2-1-3-8-21/h1-5,7-10,19-20,22,25,30H,6,11-18,29H2,(H,32,34). The van der Waals surface area contributed by atoms with Gasteiger partial charge in [0.2, 0.25) is 0 Å². The van der Waals surface area contributed by atoms with Gasteiger partial charge in [-0.15, -0.1) is 0 Å². The Hall–Kier alpha value is -3.16. The summed E-state index contributed by atoms with van der Waals surface area (Å²) >= 11 is 0. The maximum Gasteiger partial charge on any atom is 0.277 e. The van der Waals surface area contributed by atoms with Crippen molar-refractivity contribution in [3.63, 3.8) is 0 Å². The van der Waals surface area contributed by atoms with Crippen molar-refractivity contribution in [2.24, 2.45) is 5.92 Å². The number of amides is 1. The number of para-hydroxylation sites is 2. The van der Waals surface area contributed by atoms with E-state index in [-0.39, 0.29) is 11.6 Å². The Balaban J connectivity index is 0.972. The molecule has 1 saturated heterocycles. The van der Waals surface area contributed by atoms with Crippen LogP contribution in [0.4, 0.5) is 11.4 Å². The number of aromatic nitrogens is 1. The monoisotopic (exact) mass is 473 g/mol. The number of rotatable bonds is 10. The van der Waals surface area contributed by atoms with Crippen LogP contribution < -0.4 is 16.4 Å². The Labute approximate surface area is 207 Å². The van der Waals surface area contributed by atoms with Crippen molar-refractivity contribution in [2.45, 2.75) is 44.1 Å². The topological polar surface area (TPSA) is 96.4 Å². The third kappa shape index (κ3) is 6.29. The van der Waals surface area contributed by atoms with Gasteiger partial charge in [0.15, 0.2) is 11.6 Å². The van der Waals surface area contributed by atoms with Gasteiger partial charge >= 0.3 is 0 Å². The molecule has 0 spiro atoms. The first-order valence-corrected chi connectivity index (χ1v) is 12.8. The van der Waals surface area contributed by atoms with Gasteiger partial charge in [-0.2, -0.15) is 0 Å². The molecule has 2 atom stereocenters. The highest BCUT2D eigenvalue weighted by atomic mass is 16.3. The number of nitrogens with two attached hydrogens (primary N) is 1. The van der Waals surface area contributed by atoms with Gasteiger partial charge in [0.25, 0.3) is 5.91 Å². The highest BCUT2D eigenvalue weighted by Gasteiger charge is 2.38. The third-order valence-electron chi connectivity index (χ3n) is 7.25. The molecule has 4 N–H and O–H groups in total. The minimum Gasteiger partial charge on any atom is -0.448 e. The van der Waals surface area contributed by atoms with E-state index in [2.05, 4.69) is 50.8 Å². The summed E-state index contributed by atoms with van der Waals surface area (Å²) in [5.41, 5.74) is 8.74. The van der Waals surface area contributed by atoms with Gasteiger partial charge in [0, 0.05) is 18.4 Å². The number of anilines is 2. The lowest BCUT2D eigenvalue weighted by molar-refractivity contribution is 0.102. The predicted molar refractivity (Wildman–Crippen MR) is 138 cm³/mol. The first-order valence-electron chi connectivity index (χ1n) is 12.8. The molecular weight excluding hydrogens is 438 g/mol. The maximum atomic E-state index is 12.4. The summed E-state index contributed by atoms with van der Waals surface area (Å²) in [6.45, 7) is 4.47. The smallest absolute Gasteiger partial charge is 0.277 e. The zero-order valence-electron chi connectivity index (χ0n) is 20.2. The average Bonchev–Trinajstić information content (AvgIpc) is 3.52. The molecule has 0 radical (unpaired) electrons. The van der Waals surface area contributed by atoms with Gasteiger partial charge in [-0.05, 0) is 75.5 Å². The number of nitrogens with zero attached hydrogens (tertiary/aromatic N) is 2. The summed E-state index contributed by atoms with van der Waals surface area (Å²) in [5, 5.41) is 6.59. The molecule has 0 bridgehead atoms. The molecule has 1 aromatic heterocycles. The van der Waals surface area contributed by atoms with E-state index in [0.29, 0.717) is 29.2 Å². The van der Waals surface area contributed by atoms with E-state index in [4.69, 9.17) is 10.2 Å². The van der Waals surface area contributed by atoms with Crippen LogP contribution in [0.15, 0.2) is 65.3 Å². The fourth-order valence-electron chi connectivity index (χ4n) is 5.00. The van der Waals surface area contributed by atoms with E-state index < -0.39 is 0 Å². The lowest BCUT2D eigenvalue weighted by Gasteiger charge is -2.32. The van der Waals surface area contributed by atoms with E-state index in [1.807, 2.05) is 12.1 Å². The summed E-state index contributed by atoms with van der Waals surface area (Å²) in [4.78, 5) is 19.3. The van der Waals surface area contributed by atoms with Crippen LogP contribution in [-0.4, -0.2) is 48.0 Å². The summed E-state index contributed by atoms with van der Waals surface area (Å²) in [6.07, 6.45) is 6.89. The van der Waals surface area contributed by atoms with Crippen molar-refractivity contribution < 1.29 is 9.21 Å². The predicted octanol–water partition coefficient (Wildman–Crippen LogP) is 4.30. The number of carbonyl (C=O) groups excluding carboxylic acids is 1. The van der Waals surface area contributed by atoms with Crippen LogP contribution in [0.2, 0.25) is 0 Å². The highest BCUT2D eigenvalue weighted by Crippen LogP contribution is 2.40. The van der Waals surface area contributed by atoms with E-state index in [1.165, 1.54) is 31.1 Å². The van der Waals surface area contributed by atoms with Crippen LogP contribution in [0.5, 0.6) is 0 Å². The molecule has 1 saturated carbocycles. The number of hydrogen-bond acceptors (Lipinski definition) is 6. The Morgan fingerprint density at radius 1 is 1.09 bits per heavy atom. The summed E-state index contributed by atoms with van der Waals surface area (Å²) in [5.74, 6) is 1.77. The molecule has 184 valence electrons. The van der Waals surface area contributed by atoms with Crippen LogP contribution in [0, 0.1) is 5.92 Å². The van der Waals surface area contributed by atoms with E-state index >= 15 is 0 Å². The van der Waals surface area contributed by atoms with Crippen molar-refractivity contribution in [1.82, 2.24) is 15.2 Å². The molecule has 5 rings (SSSR count). The van der Waals surface area contributed by atoms with Crippen LogP contribution in [0.1, 0.15) is 53.5 Å². The molecule has 35 heavy (non-hydrogen) atoms. The fraction of sp³-hybridized carbons (Fsp3) is 0.429. The van der Waals surface area contributed by atoms with Gasteiger partial charge in [0.1, 0.15) is 6.26 Å². The molecule has 2 aliphatic rings. The van der Waals surface area contributed by atoms with Crippen LogP contribution in [-0.2, 0) is 6.42 Å². The molecule has 3 aromatic rings. The fourth-order valence-corrected chi connectivity index (χ4v) is 5.00. The quantitative estimate of drug-likeness (QED) is 0.380. The number of piperidine rings is 1. The van der Waals surface area contributed by atoms with Crippen molar-refractivity contribution in [3.8, 4) is 0 Å². The first kappa shape index (κ1) is 23.6. The van der Waals surface area contributed by atoms with E-state index in [0.717, 1.165) is 44.9 Å². The number of oxazole rings is 1. The lowest BCUT2D eigenvalue weighted by Crippen LogP contribution is -2.38. The zero-order valence-corrected chi connectivity index (χ0v) is 20.2. The van der Waals surface area contributed by atoms with Crippen molar-refractivity contribution in [1.29, 1.82) is 0 Å². The number of nitrogen functional groups attached to an aromatic ring is 1. The van der Waals surface area contributed by atoms with Gasteiger partial charge in [-0.3, -0.25) is 4.79 Å². The minimum atomic E-state index is -0.310. The van der Waals surface area contributed by atoms with Gasteiger partial charge in [0.05, 0.1) is 11.4 Å². The molecule has 2 unspecified atom stereocenters. The average molecular weight is 474 g/mol. The summed E-state index contributed by atoms with van der Waals surface area (Å²) in [7, 11) is 0. The Bertz CT molecular complexity index is 1110. The Morgan fingerprint density at radius 3 is 2.66 bits per heavy atom. The first-order chi connectivity index (χ1) is 17.2. The second-order valence-corrected chi connectivity index (χ2v) is 9.82. The van der Waals surface area contributed by atoms with Crippen molar-refractivity contribution in [2.75, 3.05) is 37.2 Å². The van der Waals surface area contributed by atoms with Crippen LogP contribution in [0.3, 0.4) is 0 Å². The lowest BCUT2D eigenvalue weighted by atomic mass is 9.96. The number of aryl methyl sites for hydroxylation is 1. The largest absolute Gasteiger partial charge is 0.448 e. The molecule has 2 fully saturated rings. The molecule has 2 aromatic carbocycles. The van der Waals surface area contributed by atoms with Gasteiger partial charge < -0.3 is 25.7 Å². The Morgan fingerprint density at radius 2 is 1.86 bits per heavy atom. The summed E-state index contributed by atoms with van der Waals surface area (Å²) < 4.78 is 5.53. The summed E-state index contributed by atoms with van der Waals surface area (Å²) in [6, 6.07) is 18.7. The molecule has 7 nitrogen and oxygen atoms in total. The van der Waals surface area contributed by atoms with Gasteiger partial charge in [-0.25, -0.2) is 4.98 Å². The number of nitrogens with one attached hydrogen (secondary N) is 2. The number of likely N-dealkylation sites (tertiary alicyclic amines) is 1. The Kier molecular flexibility index (Phi) is 7.45. The second kappa shape index (κ2) is 11.1. The number of benzene rings is 2. The highest BCUT2D eigenvalue weighted by molar-refractivity contribution is 6.04. The number of hydrogen-bond donors (Lipinski definition) is 3. The van der Waals surface area contributed by atoms with Crippen LogP contribution >= 0.6 is 0 Å².